The molecule has 128 valence electrons. The zero-order valence-corrected chi connectivity index (χ0v) is 13.9. The number of amides is 1. The molecule has 0 spiro atoms. The van der Waals surface area contributed by atoms with Crippen molar-refractivity contribution in [1.82, 2.24) is 15.3 Å². The Labute approximate surface area is 142 Å². The molecule has 3 N–H and O–H groups in total. The third-order valence-electron chi connectivity index (χ3n) is 4.09. The standard InChI is InChI=1S/C18H16FN3O3/c1-8-6-10(18(24)25)7-9(2)13(8)11-4-5-12(19)15-14(11)21-16(22-15)17(23)20-3/h4-7H,1-3H3,(H,20,23)(H,21,22)(H,24,25). The first-order valence-electron chi connectivity index (χ1n) is 7.58. The van der Waals surface area contributed by atoms with E-state index in [0.717, 1.165) is 16.7 Å². The summed E-state index contributed by atoms with van der Waals surface area (Å²) in [5.41, 5.74) is 3.56. The Balaban J connectivity index is 2.30. The Morgan fingerprint density at radius 3 is 2.40 bits per heavy atom. The van der Waals surface area contributed by atoms with Gasteiger partial charge in [0.15, 0.2) is 11.6 Å². The van der Waals surface area contributed by atoms with E-state index in [9.17, 15) is 19.1 Å². The monoisotopic (exact) mass is 341 g/mol. The van der Waals surface area contributed by atoms with Gasteiger partial charge in [-0.2, -0.15) is 0 Å². The summed E-state index contributed by atoms with van der Waals surface area (Å²) < 4.78 is 14.1. The predicted molar refractivity (Wildman–Crippen MR) is 91.3 cm³/mol. The van der Waals surface area contributed by atoms with E-state index in [0.29, 0.717) is 11.1 Å². The maximum atomic E-state index is 14.1. The predicted octanol–water partition coefficient (Wildman–Crippen LogP) is 3.04. The third-order valence-corrected chi connectivity index (χ3v) is 4.09. The molecule has 0 saturated carbocycles. The number of nitrogens with one attached hydrogen (secondary N) is 2. The van der Waals surface area contributed by atoms with Gasteiger partial charge in [0.1, 0.15) is 5.52 Å². The molecule has 0 fully saturated rings. The topological polar surface area (TPSA) is 95.1 Å². The first-order valence-corrected chi connectivity index (χ1v) is 7.58. The molecule has 0 saturated heterocycles. The summed E-state index contributed by atoms with van der Waals surface area (Å²) in [6, 6.07) is 6.02. The van der Waals surface area contributed by atoms with Crippen LogP contribution in [0.2, 0.25) is 0 Å². The van der Waals surface area contributed by atoms with Gasteiger partial charge in [0.05, 0.1) is 11.1 Å². The van der Waals surface area contributed by atoms with Gasteiger partial charge in [-0.15, -0.1) is 0 Å². The van der Waals surface area contributed by atoms with Crippen LogP contribution < -0.4 is 5.32 Å². The number of H-pyrrole nitrogens is 1. The Hall–Kier alpha value is -3.22. The number of rotatable bonds is 3. The van der Waals surface area contributed by atoms with Crippen LogP contribution in [0.25, 0.3) is 22.2 Å². The molecule has 1 aromatic heterocycles. The Morgan fingerprint density at radius 2 is 1.84 bits per heavy atom. The average molecular weight is 341 g/mol. The number of nitrogens with zero attached hydrogens (tertiary/aromatic N) is 1. The van der Waals surface area contributed by atoms with Crippen LogP contribution in [0.3, 0.4) is 0 Å². The van der Waals surface area contributed by atoms with Gasteiger partial charge in [-0.25, -0.2) is 14.2 Å². The summed E-state index contributed by atoms with van der Waals surface area (Å²) in [5.74, 6) is -1.98. The van der Waals surface area contributed by atoms with Crippen LogP contribution in [-0.4, -0.2) is 34.0 Å². The van der Waals surface area contributed by atoms with E-state index in [2.05, 4.69) is 15.3 Å². The van der Waals surface area contributed by atoms with E-state index in [1.807, 2.05) is 0 Å². The number of aryl methyl sites for hydroxylation is 2. The van der Waals surface area contributed by atoms with Crippen molar-refractivity contribution in [3.63, 3.8) is 0 Å². The molecule has 1 amide bonds. The highest BCUT2D eigenvalue weighted by Gasteiger charge is 2.19. The lowest BCUT2D eigenvalue weighted by molar-refractivity contribution is 0.0696. The molecule has 25 heavy (non-hydrogen) atoms. The van der Waals surface area contributed by atoms with E-state index in [4.69, 9.17) is 0 Å². The number of carbonyl (C=O) groups is 2. The van der Waals surface area contributed by atoms with E-state index in [1.165, 1.54) is 13.1 Å². The van der Waals surface area contributed by atoms with Crippen molar-refractivity contribution in [2.75, 3.05) is 7.05 Å². The molecule has 2 aromatic carbocycles. The van der Waals surface area contributed by atoms with Crippen LogP contribution in [0, 0.1) is 19.7 Å². The SMILES string of the molecule is CNC(=O)c1nc2c(F)ccc(-c3c(C)cc(C(=O)O)cc3C)c2[nH]1. The number of aromatic amines is 1. The fourth-order valence-corrected chi connectivity index (χ4v) is 3.01. The second-order valence-corrected chi connectivity index (χ2v) is 5.77. The largest absolute Gasteiger partial charge is 0.478 e. The summed E-state index contributed by atoms with van der Waals surface area (Å²) in [6.45, 7) is 3.58. The number of hydrogen-bond acceptors (Lipinski definition) is 3. The Morgan fingerprint density at radius 1 is 1.20 bits per heavy atom. The van der Waals surface area contributed by atoms with Gasteiger partial charge in [0.25, 0.3) is 5.91 Å². The van der Waals surface area contributed by atoms with Gasteiger partial charge in [0.2, 0.25) is 0 Å². The normalized spacial score (nSPS) is 10.9. The molecule has 1 heterocycles. The van der Waals surface area contributed by atoms with Crippen LogP contribution in [-0.2, 0) is 0 Å². The summed E-state index contributed by atoms with van der Waals surface area (Å²) in [5, 5.41) is 11.6. The lowest BCUT2D eigenvalue weighted by atomic mass is 9.92. The number of hydrogen-bond donors (Lipinski definition) is 3. The smallest absolute Gasteiger partial charge is 0.335 e. The van der Waals surface area contributed by atoms with Crippen LogP contribution in [0.4, 0.5) is 4.39 Å². The van der Waals surface area contributed by atoms with Crippen LogP contribution in [0.1, 0.15) is 32.1 Å². The molecule has 3 aromatic rings. The average Bonchev–Trinajstić information content (AvgIpc) is 3.01. The zero-order valence-electron chi connectivity index (χ0n) is 13.9. The number of carbonyl (C=O) groups excluding carboxylic acids is 1. The number of aromatic carboxylic acids is 1. The van der Waals surface area contributed by atoms with Crippen LogP contribution in [0.15, 0.2) is 24.3 Å². The number of benzene rings is 2. The highest BCUT2D eigenvalue weighted by Crippen LogP contribution is 2.34. The molecule has 0 unspecified atom stereocenters. The van der Waals surface area contributed by atoms with Crippen LogP contribution in [0.5, 0.6) is 0 Å². The van der Waals surface area contributed by atoms with Gasteiger partial charge in [-0.1, -0.05) is 0 Å². The minimum Gasteiger partial charge on any atom is -0.478 e. The van der Waals surface area contributed by atoms with Crippen LogP contribution >= 0.6 is 0 Å². The van der Waals surface area contributed by atoms with Crippen molar-refractivity contribution < 1.29 is 19.1 Å². The maximum absolute atomic E-state index is 14.1. The number of carboxylic acids is 1. The summed E-state index contributed by atoms with van der Waals surface area (Å²) >= 11 is 0. The van der Waals surface area contributed by atoms with Gasteiger partial charge >= 0.3 is 5.97 Å². The quantitative estimate of drug-likeness (QED) is 0.682. The summed E-state index contributed by atoms with van der Waals surface area (Å²) in [4.78, 5) is 29.9. The first-order chi connectivity index (χ1) is 11.8. The van der Waals surface area contributed by atoms with Gasteiger partial charge in [-0.3, -0.25) is 4.79 Å². The van der Waals surface area contributed by atoms with E-state index >= 15 is 0 Å². The number of fused-ring (bicyclic) bond motifs is 1. The van der Waals surface area contributed by atoms with Crippen molar-refractivity contribution in [2.24, 2.45) is 0 Å². The first kappa shape index (κ1) is 16.6. The second-order valence-electron chi connectivity index (χ2n) is 5.77. The Kier molecular flexibility index (Phi) is 4.00. The molecular formula is C18H16FN3O3. The highest BCUT2D eigenvalue weighted by atomic mass is 19.1. The second kappa shape index (κ2) is 6.01. The fraction of sp³-hybridized carbons (Fsp3) is 0.167. The molecule has 3 rings (SSSR count). The third kappa shape index (κ3) is 2.73. The van der Waals surface area contributed by atoms with Crippen molar-refractivity contribution in [1.29, 1.82) is 0 Å². The molecule has 0 aliphatic heterocycles. The van der Waals surface area contributed by atoms with Crippen molar-refractivity contribution in [3.8, 4) is 11.1 Å². The molecule has 0 aliphatic carbocycles. The molecular weight excluding hydrogens is 325 g/mol. The number of aromatic nitrogens is 2. The van der Waals surface area contributed by atoms with Gasteiger partial charge < -0.3 is 15.4 Å². The zero-order chi connectivity index (χ0) is 18.3. The lowest BCUT2D eigenvalue weighted by Crippen LogP contribution is -2.19. The summed E-state index contributed by atoms with van der Waals surface area (Å²) in [6.07, 6.45) is 0. The number of imidazole rings is 1. The Bertz CT molecular complexity index is 1000. The molecule has 0 bridgehead atoms. The van der Waals surface area contributed by atoms with Gasteiger partial charge in [0, 0.05) is 12.6 Å². The number of carboxylic acid groups (broad SMARTS) is 1. The van der Waals surface area contributed by atoms with E-state index in [1.54, 1.807) is 32.0 Å². The molecule has 0 radical (unpaired) electrons. The van der Waals surface area contributed by atoms with Crippen molar-refractivity contribution in [3.05, 3.63) is 52.6 Å². The summed E-state index contributed by atoms with van der Waals surface area (Å²) in [7, 11) is 1.46. The molecule has 0 atom stereocenters. The minimum atomic E-state index is -1.01. The number of halogens is 1. The molecule has 0 aliphatic rings. The maximum Gasteiger partial charge on any atom is 0.335 e. The fourth-order valence-electron chi connectivity index (χ4n) is 3.01. The molecule has 6 nitrogen and oxygen atoms in total. The highest BCUT2D eigenvalue weighted by molar-refractivity contribution is 6.00. The molecule has 7 heteroatoms. The van der Waals surface area contributed by atoms with Crippen molar-refractivity contribution >= 4 is 22.9 Å². The van der Waals surface area contributed by atoms with E-state index in [-0.39, 0.29) is 16.9 Å². The lowest BCUT2D eigenvalue weighted by Gasteiger charge is -2.12. The van der Waals surface area contributed by atoms with E-state index < -0.39 is 17.7 Å². The minimum absolute atomic E-state index is 0.0151. The van der Waals surface area contributed by atoms with Gasteiger partial charge in [-0.05, 0) is 54.8 Å². The van der Waals surface area contributed by atoms with Crippen molar-refractivity contribution in [2.45, 2.75) is 13.8 Å².